The van der Waals surface area contributed by atoms with Gasteiger partial charge in [0.2, 0.25) is 0 Å². The van der Waals surface area contributed by atoms with E-state index < -0.39 is 0 Å². The third-order valence-corrected chi connectivity index (χ3v) is 6.75. The molecule has 1 aromatic rings. The van der Waals surface area contributed by atoms with Crippen molar-refractivity contribution in [1.29, 1.82) is 0 Å². The smallest absolute Gasteiger partial charge is 0.0766 e. The molecule has 2 unspecified atom stereocenters. The van der Waals surface area contributed by atoms with Crippen molar-refractivity contribution >= 4 is 43.6 Å². The van der Waals surface area contributed by atoms with Crippen LogP contribution in [0.2, 0.25) is 0 Å². The van der Waals surface area contributed by atoms with Crippen LogP contribution in [0.15, 0.2) is 4.47 Å². The molecule has 0 saturated carbocycles. The van der Waals surface area contributed by atoms with Crippen molar-refractivity contribution in [2.45, 2.75) is 24.6 Å². The maximum absolute atomic E-state index is 4.54. The molecule has 2 rings (SSSR count). The van der Waals surface area contributed by atoms with Gasteiger partial charge >= 0.3 is 0 Å². The Balaban J connectivity index is 2.17. The first kappa shape index (κ1) is 13.0. The van der Waals surface area contributed by atoms with Gasteiger partial charge in [-0.25, -0.2) is 0 Å². The second kappa shape index (κ2) is 5.44. The molecule has 1 aliphatic rings. The van der Waals surface area contributed by atoms with Gasteiger partial charge in [-0.3, -0.25) is 4.68 Å². The Morgan fingerprint density at radius 3 is 2.75 bits per heavy atom. The Bertz CT molecular complexity index is 378. The topological polar surface area (TPSA) is 17.8 Å². The molecule has 0 N–H and O–H groups in total. The van der Waals surface area contributed by atoms with Gasteiger partial charge in [-0.15, -0.1) is 0 Å². The summed E-state index contributed by atoms with van der Waals surface area (Å²) in [4.78, 5) is 0.657. The highest BCUT2D eigenvalue weighted by Crippen LogP contribution is 2.34. The van der Waals surface area contributed by atoms with Gasteiger partial charge < -0.3 is 0 Å². The van der Waals surface area contributed by atoms with E-state index in [0.717, 1.165) is 18.8 Å². The van der Waals surface area contributed by atoms with E-state index in [9.17, 15) is 0 Å². The van der Waals surface area contributed by atoms with Crippen LogP contribution in [0.3, 0.4) is 0 Å². The van der Waals surface area contributed by atoms with E-state index in [1.807, 2.05) is 23.5 Å². The second-order valence-corrected chi connectivity index (χ2v) is 7.25. The zero-order chi connectivity index (χ0) is 11.7. The molecule has 16 heavy (non-hydrogen) atoms. The van der Waals surface area contributed by atoms with E-state index in [-0.39, 0.29) is 0 Å². The monoisotopic (exact) mass is 366 g/mol. The molecule has 2 nitrogen and oxygen atoms in total. The second-order valence-electron chi connectivity index (χ2n) is 4.20. The van der Waals surface area contributed by atoms with E-state index in [1.165, 1.54) is 27.4 Å². The summed E-state index contributed by atoms with van der Waals surface area (Å²) in [5.74, 6) is 3.23. The lowest BCUT2D eigenvalue weighted by Gasteiger charge is -2.13. The summed E-state index contributed by atoms with van der Waals surface area (Å²) in [5, 5.41) is 4.54. The normalized spacial score (nSPS) is 25.2. The SMILES string of the molecule is CCc1nn(C)c(CC2CSCC2Br)c1Br. The number of halogens is 2. The molecule has 0 amide bonds. The standard InChI is InChI=1S/C11H16Br2N2S/c1-3-9-11(13)10(15(2)14-9)4-7-5-16-6-8(7)12/h7-8H,3-6H2,1-2H3. The lowest BCUT2D eigenvalue weighted by Crippen LogP contribution is -2.16. The fourth-order valence-corrected chi connectivity index (χ4v) is 5.30. The molecule has 90 valence electrons. The predicted molar refractivity (Wildman–Crippen MR) is 77.5 cm³/mol. The highest BCUT2D eigenvalue weighted by atomic mass is 79.9. The predicted octanol–water partition coefficient (Wildman–Crippen LogP) is 3.41. The molecule has 1 saturated heterocycles. The van der Waals surface area contributed by atoms with Crippen LogP contribution in [0.4, 0.5) is 0 Å². The zero-order valence-corrected chi connectivity index (χ0v) is 13.5. The van der Waals surface area contributed by atoms with Gasteiger partial charge in [0.15, 0.2) is 0 Å². The number of hydrogen-bond donors (Lipinski definition) is 0. The van der Waals surface area contributed by atoms with Crippen LogP contribution in [0.25, 0.3) is 0 Å². The maximum Gasteiger partial charge on any atom is 0.0766 e. The number of aromatic nitrogens is 2. The molecule has 2 heterocycles. The van der Waals surface area contributed by atoms with Crippen molar-refractivity contribution < 1.29 is 0 Å². The zero-order valence-electron chi connectivity index (χ0n) is 9.54. The average Bonchev–Trinajstić information content (AvgIpc) is 2.77. The molecule has 5 heteroatoms. The molecule has 1 aromatic heterocycles. The number of hydrogen-bond acceptors (Lipinski definition) is 2. The van der Waals surface area contributed by atoms with Crippen LogP contribution in [0, 0.1) is 5.92 Å². The summed E-state index contributed by atoms with van der Waals surface area (Å²) in [5.41, 5.74) is 2.52. The van der Waals surface area contributed by atoms with Crippen molar-refractivity contribution in [3.8, 4) is 0 Å². The maximum atomic E-state index is 4.54. The van der Waals surface area contributed by atoms with Gasteiger partial charge in [0, 0.05) is 17.6 Å². The molecular formula is C11H16Br2N2S. The van der Waals surface area contributed by atoms with Gasteiger partial charge in [0.05, 0.1) is 15.9 Å². The Morgan fingerprint density at radius 1 is 1.50 bits per heavy atom. The number of aryl methyl sites for hydroxylation is 2. The third-order valence-electron chi connectivity index (χ3n) is 3.08. The van der Waals surface area contributed by atoms with E-state index in [1.54, 1.807) is 0 Å². The van der Waals surface area contributed by atoms with Crippen LogP contribution in [-0.2, 0) is 19.9 Å². The van der Waals surface area contributed by atoms with Crippen LogP contribution < -0.4 is 0 Å². The van der Waals surface area contributed by atoms with Crippen LogP contribution in [0.5, 0.6) is 0 Å². The van der Waals surface area contributed by atoms with E-state index in [4.69, 9.17) is 0 Å². The minimum Gasteiger partial charge on any atom is -0.271 e. The average molecular weight is 368 g/mol. The van der Waals surface area contributed by atoms with Gasteiger partial charge in [-0.1, -0.05) is 22.9 Å². The molecule has 0 aromatic carbocycles. The largest absolute Gasteiger partial charge is 0.271 e. The first-order valence-corrected chi connectivity index (χ1v) is 8.41. The molecule has 1 fully saturated rings. The minimum atomic E-state index is 0.657. The first-order chi connectivity index (χ1) is 7.63. The lowest BCUT2D eigenvalue weighted by atomic mass is 10.0. The van der Waals surface area contributed by atoms with Crippen molar-refractivity contribution in [2.24, 2.45) is 13.0 Å². The fourth-order valence-electron chi connectivity index (χ4n) is 2.05. The molecule has 0 aliphatic carbocycles. The summed E-state index contributed by atoms with van der Waals surface area (Å²) in [6.45, 7) is 2.15. The van der Waals surface area contributed by atoms with Gasteiger partial charge in [0.1, 0.15) is 0 Å². The Hall–Kier alpha value is 0.520. The van der Waals surface area contributed by atoms with Crippen LogP contribution in [-0.4, -0.2) is 26.1 Å². The molecule has 0 radical (unpaired) electrons. The molecule has 2 atom stereocenters. The number of rotatable bonds is 3. The van der Waals surface area contributed by atoms with E-state index in [0.29, 0.717) is 4.83 Å². The lowest BCUT2D eigenvalue weighted by molar-refractivity contribution is 0.573. The van der Waals surface area contributed by atoms with Crippen molar-refractivity contribution in [2.75, 3.05) is 11.5 Å². The van der Waals surface area contributed by atoms with Crippen molar-refractivity contribution in [3.05, 3.63) is 15.9 Å². The summed E-state index contributed by atoms with van der Waals surface area (Å²) < 4.78 is 3.25. The van der Waals surface area contributed by atoms with Gasteiger partial charge in [0.25, 0.3) is 0 Å². The van der Waals surface area contributed by atoms with E-state index in [2.05, 4.69) is 43.9 Å². The molecule has 0 spiro atoms. The van der Waals surface area contributed by atoms with Crippen molar-refractivity contribution in [3.63, 3.8) is 0 Å². The number of nitrogens with zero attached hydrogens (tertiary/aromatic N) is 2. The summed E-state index contributed by atoms with van der Waals surface area (Å²) in [6.07, 6.45) is 2.11. The van der Waals surface area contributed by atoms with Crippen molar-refractivity contribution in [1.82, 2.24) is 9.78 Å². The molecule has 1 aliphatic heterocycles. The third kappa shape index (κ3) is 2.51. The Labute approximate surface area is 118 Å². The van der Waals surface area contributed by atoms with Gasteiger partial charge in [-0.05, 0) is 40.4 Å². The Morgan fingerprint density at radius 2 is 2.25 bits per heavy atom. The number of thioether (sulfide) groups is 1. The van der Waals surface area contributed by atoms with Crippen LogP contribution >= 0.6 is 43.6 Å². The first-order valence-electron chi connectivity index (χ1n) is 5.55. The summed E-state index contributed by atoms with van der Waals surface area (Å²) in [6, 6.07) is 0. The number of alkyl halides is 1. The highest BCUT2D eigenvalue weighted by Gasteiger charge is 2.27. The molecular weight excluding hydrogens is 352 g/mol. The van der Waals surface area contributed by atoms with Crippen LogP contribution in [0.1, 0.15) is 18.3 Å². The highest BCUT2D eigenvalue weighted by molar-refractivity contribution is 9.10. The molecule has 0 bridgehead atoms. The fraction of sp³-hybridized carbons (Fsp3) is 0.727. The summed E-state index contributed by atoms with van der Waals surface area (Å²) >= 11 is 9.50. The van der Waals surface area contributed by atoms with Gasteiger partial charge in [-0.2, -0.15) is 16.9 Å². The minimum absolute atomic E-state index is 0.657. The Kier molecular flexibility index (Phi) is 4.41. The van der Waals surface area contributed by atoms with E-state index >= 15 is 0 Å². The summed E-state index contributed by atoms with van der Waals surface area (Å²) in [7, 11) is 2.05. The quantitative estimate of drug-likeness (QED) is 0.762.